The topological polar surface area (TPSA) is 42.0 Å². The van der Waals surface area contributed by atoms with E-state index in [1.807, 2.05) is 0 Å². The van der Waals surface area contributed by atoms with Gasteiger partial charge in [0.05, 0.1) is 11.0 Å². The van der Waals surface area contributed by atoms with Crippen LogP contribution < -0.4 is 5.32 Å². The van der Waals surface area contributed by atoms with Crippen molar-refractivity contribution in [1.82, 2.24) is 4.98 Å². The minimum atomic E-state index is -4.83. The summed E-state index contributed by atoms with van der Waals surface area (Å²) in [6.07, 6.45) is -0.0407. The molecular formula is C20H20F4N2O. The van der Waals surface area contributed by atoms with Gasteiger partial charge in [0.1, 0.15) is 11.6 Å². The van der Waals surface area contributed by atoms with Gasteiger partial charge in [0.2, 0.25) is 5.91 Å². The molecule has 1 N–H and O–H groups in total. The van der Waals surface area contributed by atoms with Gasteiger partial charge >= 0.3 is 6.18 Å². The van der Waals surface area contributed by atoms with E-state index < -0.39 is 28.9 Å². The van der Waals surface area contributed by atoms with E-state index in [1.54, 1.807) is 25.1 Å². The Hall–Kier alpha value is -2.44. The standard InChI is InChI=1S/C20H20F4N2O/c1-19(13-6-2-3-7-13,18(27)26-17-8-4-5-11-25-17)14-9-10-16(21)15(12-14)20(22,23)24/h4-5,8-13H,2-3,6-7H2,1H3,(H,25,26,27). The van der Waals surface area contributed by atoms with E-state index in [2.05, 4.69) is 10.3 Å². The maximum Gasteiger partial charge on any atom is 0.419 e. The number of nitrogens with one attached hydrogen (secondary N) is 1. The average Bonchev–Trinajstić information content (AvgIpc) is 3.16. The molecule has 1 aromatic heterocycles. The molecule has 1 aromatic carbocycles. The number of pyridine rings is 1. The van der Waals surface area contributed by atoms with Crippen molar-refractivity contribution in [2.45, 2.75) is 44.2 Å². The minimum absolute atomic E-state index is 0.132. The van der Waals surface area contributed by atoms with E-state index in [-0.39, 0.29) is 11.5 Å². The number of carbonyl (C=O) groups is 1. The Morgan fingerprint density at radius 1 is 1.15 bits per heavy atom. The third-order valence-corrected chi connectivity index (χ3v) is 5.42. The molecule has 2 aromatic rings. The summed E-state index contributed by atoms with van der Waals surface area (Å²) >= 11 is 0. The van der Waals surface area contributed by atoms with E-state index in [0.29, 0.717) is 5.82 Å². The molecule has 0 saturated heterocycles. The van der Waals surface area contributed by atoms with Crippen LogP contribution in [0.1, 0.15) is 43.7 Å². The number of halogens is 4. The maximum atomic E-state index is 13.7. The van der Waals surface area contributed by atoms with Crippen molar-refractivity contribution < 1.29 is 22.4 Å². The van der Waals surface area contributed by atoms with Crippen LogP contribution in [-0.2, 0) is 16.4 Å². The van der Waals surface area contributed by atoms with Crippen LogP contribution in [0, 0.1) is 11.7 Å². The molecule has 1 atom stereocenters. The summed E-state index contributed by atoms with van der Waals surface area (Å²) in [6, 6.07) is 7.85. The normalized spacial score (nSPS) is 17.5. The highest BCUT2D eigenvalue weighted by Crippen LogP contribution is 2.44. The Morgan fingerprint density at radius 3 is 2.44 bits per heavy atom. The fourth-order valence-corrected chi connectivity index (χ4v) is 3.80. The SMILES string of the molecule is CC(C(=O)Nc1ccccn1)(c1ccc(F)c(C(F)(F)F)c1)C1CCCC1. The Balaban J connectivity index is 2.04. The number of nitrogens with zero attached hydrogens (tertiary/aromatic N) is 1. The molecule has 1 aliphatic carbocycles. The van der Waals surface area contributed by atoms with Gasteiger partial charge in [0.25, 0.3) is 0 Å². The molecule has 0 aliphatic heterocycles. The third kappa shape index (κ3) is 3.82. The number of carbonyl (C=O) groups excluding carboxylic acids is 1. The Morgan fingerprint density at radius 2 is 1.85 bits per heavy atom. The lowest BCUT2D eigenvalue weighted by atomic mass is 9.69. The van der Waals surface area contributed by atoms with E-state index in [4.69, 9.17) is 0 Å². The Bertz CT molecular complexity index is 816. The van der Waals surface area contributed by atoms with Gasteiger partial charge in [-0.3, -0.25) is 4.79 Å². The summed E-state index contributed by atoms with van der Waals surface area (Å²) in [7, 11) is 0. The summed E-state index contributed by atoms with van der Waals surface area (Å²) < 4.78 is 53.3. The zero-order valence-electron chi connectivity index (χ0n) is 14.8. The first-order valence-electron chi connectivity index (χ1n) is 8.82. The monoisotopic (exact) mass is 380 g/mol. The fourth-order valence-electron chi connectivity index (χ4n) is 3.80. The number of alkyl halides is 3. The summed E-state index contributed by atoms with van der Waals surface area (Å²) in [5.41, 5.74) is -2.41. The molecule has 0 radical (unpaired) electrons. The minimum Gasteiger partial charge on any atom is -0.310 e. The van der Waals surface area contributed by atoms with Crippen LogP contribution in [0.25, 0.3) is 0 Å². The predicted molar refractivity (Wildman–Crippen MR) is 93.6 cm³/mol. The van der Waals surface area contributed by atoms with Crippen LogP contribution in [0.15, 0.2) is 42.6 Å². The molecule has 1 saturated carbocycles. The van der Waals surface area contributed by atoms with Gasteiger partial charge in [-0.25, -0.2) is 9.37 Å². The summed E-state index contributed by atoms with van der Waals surface area (Å²) in [4.78, 5) is 17.2. The zero-order valence-corrected chi connectivity index (χ0v) is 14.8. The lowest BCUT2D eigenvalue weighted by Gasteiger charge is -2.35. The van der Waals surface area contributed by atoms with Gasteiger partial charge in [-0.1, -0.05) is 25.0 Å². The van der Waals surface area contributed by atoms with E-state index >= 15 is 0 Å². The van der Waals surface area contributed by atoms with Crippen LogP contribution in [0.5, 0.6) is 0 Å². The summed E-state index contributed by atoms with van der Waals surface area (Å²) in [6.45, 7) is 1.63. The van der Waals surface area contributed by atoms with E-state index in [1.165, 1.54) is 12.3 Å². The van der Waals surface area contributed by atoms with E-state index in [0.717, 1.165) is 37.8 Å². The van der Waals surface area contributed by atoms with Crippen LogP contribution in [0.3, 0.4) is 0 Å². The quantitative estimate of drug-likeness (QED) is 0.729. The van der Waals surface area contributed by atoms with Crippen molar-refractivity contribution in [3.63, 3.8) is 0 Å². The second-order valence-electron chi connectivity index (χ2n) is 7.05. The summed E-state index contributed by atoms with van der Waals surface area (Å²) in [5.74, 6) is -1.59. The number of rotatable bonds is 4. The fraction of sp³-hybridized carbons (Fsp3) is 0.400. The Kier molecular flexibility index (Phi) is 5.22. The lowest BCUT2D eigenvalue weighted by Crippen LogP contribution is -2.43. The smallest absolute Gasteiger partial charge is 0.310 e. The molecule has 3 nitrogen and oxygen atoms in total. The van der Waals surface area contributed by atoms with Crippen molar-refractivity contribution in [3.05, 3.63) is 59.5 Å². The van der Waals surface area contributed by atoms with Gasteiger partial charge in [-0.2, -0.15) is 13.2 Å². The first kappa shape index (κ1) is 19.3. The molecule has 1 unspecified atom stereocenters. The molecule has 0 spiro atoms. The molecule has 1 fully saturated rings. The van der Waals surface area contributed by atoms with Crippen LogP contribution in [0.2, 0.25) is 0 Å². The first-order chi connectivity index (χ1) is 12.7. The Labute approximate surface area is 154 Å². The van der Waals surface area contributed by atoms with Crippen molar-refractivity contribution in [2.24, 2.45) is 5.92 Å². The predicted octanol–water partition coefficient (Wildman–Crippen LogP) is 5.33. The molecule has 144 valence electrons. The van der Waals surface area contributed by atoms with Gasteiger partial charge in [-0.15, -0.1) is 0 Å². The molecule has 1 heterocycles. The highest BCUT2D eigenvalue weighted by atomic mass is 19.4. The van der Waals surface area contributed by atoms with Gasteiger partial charge in [-0.05, 0) is 55.5 Å². The van der Waals surface area contributed by atoms with Gasteiger partial charge < -0.3 is 5.32 Å². The second-order valence-corrected chi connectivity index (χ2v) is 7.05. The molecule has 7 heteroatoms. The summed E-state index contributed by atoms with van der Waals surface area (Å²) in [5, 5.41) is 2.71. The average molecular weight is 380 g/mol. The number of hydrogen-bond donors (Lipinski definition) is 1. The van der Waals surface area contributed by atoms with Crippen molar-refractivity contribution in [1.29, 1.82) is 0 Å². The third-order valence-electron chi connectivity index (χ3n) is 5.42. The zero-order chi connectivity index (χ0) is 19.7. The number of anilines is 1. The number of aromatic nitrogens is 1. The highest BCUT2D eigenvalue weighted by Gasteiger charge is 2.45. The molecule has 1 amide bonds. The maximum absolute atomic E-state index is 13.7. The van der Waals surface area contributed by atoms with Gasteiger partial charge in [0, 0.05) is 6.20 Å². The van der Waals surface area contributed by atoms with Crippen LogP contribution in [0.4, 0.5) is 23.4 Å². The highest BCUT2D eigenvalue weighted by molar-refractivity contribution is 5.98. The van der Waals surface area contributed by atoms with Crippen molar-refractivity contribution in [2.75, 3.05) is 5.32 Å². The molecule has 1 aliphatic rings. The molecule has 3 rings (SSSR count). The van der Waals surface area contributed by atoms with Crippen molar-refractivity contribution >= 4 is 11.7 Å². The molecule has 0 bridgehead atoms. The van der Waals surface area contributed by atoms with Crippen LogP contribution >= 0.6 is 0 Å². The molecular weight excluding hydrogens is 360 g/mol. The lowest BCUT2D eigenvalue weighted by molar-refractivity contribution is -0.140. The number of benzene rings is 1. The first-order valence-corrected chi connectivity index (χ1v) is 8.82. The number of hydrogen-bond acceptors (Lipinski definition) is 2. The largest absolute Gasteiger partial charge is 0.419 e. The van der Waals surface area contributed by atoms with Gasteiger partial charge in [0.15, 0.2) is 0 Å². The second kappa shape index (κ2) is 7.29. The van der Waals surface area contributed by atoms with Crippen molar-refractivity contribution in [3.8, 4) is 0 Å². The van der Waals surface area contributed by atoms with Crippen LogP contribution in [-0.4, -0.2) is 10.9 Å². The molecule has 27 heavy (non-hydrogen) atoms. The van der Waals surface area contributed by atoms with E-state index in [9.17, 15) is 22.4 Å². The number of amides is 1.